The fraction of sp³-hybridized carbons (Fsp3) is 0.417. The number of carbonyl (C=O) groups excluding carboxylic acids is 1. The number of aliphatic hydroxyl groups is 1. The number of hydrogen-bond acceptors (Lipinski definition) is 5. The Morgan fingerprint density at radius 3 is 2.59 bits per heavy atom. The summed E-state index contributed by atoms with van der Waals surface area (Å²) < 4.78 is 33.2. The van der Waals surface area contributed by atoms with Gasteiger partial charge < -0.3 is 20.5 Å². The van der Waals surface area contributed by atoms with E-state index in [1.165, 1.54) is 19.1 Å². The molecule has 3 rings (SSSR count). The van der Waals surface area contributed by atoms with E-state index in [9.17, 15) is 23.9 Å². The maximum absolute atomic E-state index is 13.6. The lowest BCUT2D eigenvalue weighted by atomic mass is 9.88. The lowest BCUT2D eigenvalue weighted by Gasteiger charge is -2.38. The van der Waals surface area contributed by atoms with Crippen LogP contribution in [0.15, 0.2) is 36.4 Å². The molecule has 1 amide bonds. The molecule has 0 unspecified atom stereocenters. The fourth-order valence-corrected chi connectivity index (χ4v) is 4.04. The van der Waals surface area contributed by atoms with Gasteiger partial charge in [-0.25, -0.2) is 8.78 Å². The zero-order valence-corrected chi connectivity index (χ0v) is 18.3. The average molecular weight is 443 g/mol. The van der Waals surface area contributed by atoms with E-state index in [1.807, 2.05) is 13.8 Å². The molecule has 3 atom stereocenters. The quantitative estimate of drug-likeness (QED) is 0.611. The summed E-state index contributed by atoms with van der Waals surface area (Å²) >= 11 is 0. The lowest BCUT2D eigenvalue weighted by molar-refractivity contribution is -0.120. The first kappa shape index (κ1) is 23.6. The minimum atomic E-state index is -1.03. The molecule has 0 aliphatic carbocycles. The topological polar surface area (TPSA) is 94.4 Å². The van der Waals surface area contributed by atoms with Crippen LogP contribution in [0.2, 0.25) is 0 Å². The first-order valence-corrected chi connectivity index (χ1v) is 10.4. The molecular formula is C24H27F2N3O3. The highest BCUT2D eigenvalue weighted by atomic mass is 19.1. The first-order chi connectivity index (χ1) is 15.1. The summed E-state index contributed by atoms with van der Waals surface area (Å²) in [6.45, 7) is 5.34. The van der Waals surface area contributed by atoms with E-state index in [4.69, 9.17) is 4.74 Å². The van der Waals surface area contributed by atoms with Crippen LogP contribution in [0.5, 0.6) is 5.75 Å². The largest absolute Gasteiger partial charge is 0.487 e. The number of ether oxygens (including phenoxy) is 1. The SMILES string of the molecule is CC(=O)N[C@@H](Cc1cc(F)cc(F)c1)[C@H](O)CN[C@H]1CC(C)(C)Oc2ccc(C#N)cc21. The Morgan fingerprint density at radius 2 is 1.97 bits per heavy atom. The Hall–Kier alpha value is -3.02. The summed E-state index contributed by atoms with van der Waals surface area (Å²) in [4.78, 5) is 11.7. The summed E-state index contributed by atoms with van der Waals surface area (Å²) in [5.41, 5.74) is 1.19. The van der Waals surface area contributed by atoms with Gasteiger partial charge in [-0.3, -0.25) is 4.79 Å². The second-order valence-corrected chi connectivity index (χ2v) is 8.75. The van der Waals surface area contributed by atoms with Crippen molar-refractivity contribution in [3.05, 3.63) is 64.7 Å². The molecule has 32 heavy (non-hydrogen) atoms. The number of hydrogen-bond donors (Lipinski definition) is 3. The van der Waals surface area contributed by atoms with E-state index >= 15 is 0 Å². The predicted molar refractivity (Wildman–Crippen MR) is 115 cm³/mol. The second kappa shape index (κ2) is 9.63. The van der Waals surface area contributed by atoms with Crippen LogP contribution in [-0.4, -0.2) is 35.3 Å². The van der Waals surface area contributed by atoms with E-state index in [0.29, 0.717) is 23.3 Å². The van der Waals surface area contributed by atoms with Crippen molar-refractivity contribution in [3.63, 3.8) is 0 Å². The number of nitrogens with zero attached hydrogens (tertiary/aromatic N) is 1. The van der Waals surface area contributed by atoms with Crippen LogP contribution in [-0.2, 0) is 11.2 Å². The van der Waals surface area contributed by atoms with Gasteiger partial charge in [0, 0.05) is 37.6 Å². The van der Waals surface area contributed by atoms with Gasteiger partial charge in [-0.1, -0.05) is 0 Å². The van der Waals surface area contributed by atoms with E-state index in [-0.39, 0.29) is 24.9 Å². The van der Waals surface area contributed by atoms with Gasteiger partial charge in [-0.05, 0) is 56.2 Å². The molecule has 2 aromatic rings. The number of benzene rings is 2. The highest BCUT2D eigenvalue weighted by molar-refractivity contribution is 5.73. The number of aliphatic hydroxyl groups excluding tert-OH is 1. The Bertz CT molecular complexity index is 1020. The second-order valence-electron chi connectivity index (χ2n) is 8.75. The van der Waals surface area contributed by atoms with E-state index in [0.717, 1.165) is 11.6 Å². The monoisotopic (exact) mass is 443 g/mol. The molecular weight excluding hydrogens is 416 g/mol. The van der Waals surface area contributed by atoms with Crippen molar-refractivity contribution in [3.8, 4) is 11.8 Å². The molecule has 0 bridgehead atoms. The van der Waals surface area contributed by atoms with E-state index < -0.39 is 29.4 Å². The summed E-state index contributed by atoms with van der Waals surface area (Å²) in [7, 11) is 0. The van der Waals surface area contributed by atoms with Crippen molar-refractivity contribution >= 4 is 5.91 Å². The van der Waals surface area contributed by atoms with Gasteiger partial charge in [-0.15, -0.1) is 0 Å². The van der Waals surface area contributed by atoms with Crippen molar-refractivity contribution in [2.75, 3.05) is 6.54 Å². The third-order valence-corrected chi connectivity index (χ3v) is 5.40. The zero-order chi connectivity index (χ0) is 23.5. The Kier molecular flexibility index (Phi) is 7.12. The highest BCUT2D eigenvalue weighted by Gasteiger charge is 2.34. The molecule has 3 N–H and O–H groups in total. The van der Waals surface area contributed by atoms with Gasteiger partial charge in [-0.2, -0.15) is 5.26 Å². The van der Waals surface area contributed by atoms with Crippen molar-refractivity contribution in [1.29, 1.82) is 5.26 Å². The molecule has 8 heteroatoms. The van der Waals surface area contributed by atoms with Crippen LogP contribution >= 0.6 is 0 Å². The normalized spacial score (nSPS) is 18.6. The smallest absolute Gasteiger partial charge is 0.217 e. The molecule has 0 saturated heterocycles. The van der Waals surface area contributed by atoms with Gasteiger partial charge >= 0.3 is 0 Å². The molecule has 0 saturated carbocycles. The van der Waals surface area contributed by atoms with Crippen LogP contribution in [0.3, 0.4) is 0 Å². The maximum Gasteiger partial charge on any atom is 0.217 e. The van der Waals surface area contributed by atoms with Crippen LogP contribution in [0.1, 0.15) is 49.9 Å². The molecule has 0 spiro atoms. The number of fused-ring (bicyclic) bond motifs is 1. The van der Waals surface area contributed by atoms with Crippen LogP contribution in [0.25, 0.3) is 0 Å². The van der Waals surface area contributed by atoms with Gasteiger partial charge in [0.15, 0.2) is 0 Å². The summed E-state index contributed by atoms with van der Waals surface area (Å²) in [5.74, 6) is -1.13. The number of rotatable bonds is 7. The fourth-order valence-electron chi connectivity index (χ4n) is 4.04. The van der Waals surface area contributed by atoms with Crippen LogP contribution < -0.4 is 15.4 Å². The van der Waals surface area contributed by atoms with Crippen molar-refractivity contribution in [1.82, 2.24) is 10.6 Å². The van der Waals surface area contributed by atoms with Gasteiger partial charge in [0.2, 0.25) is 5.91 Å². The minimum Gasteiger partial charge on any atom is -0.487 e. The summed E-state index contributed by atoms with van der Waals surface area (Å²) in [6, 6.07) is 9.52. The van der Waals surface area contributed by atoms with Crippen LogP contribution in [0.4, 0.5) is 8.78 Å². The standard InChI is InChI=1S/C24H27F2N3O3/c1-14(30)29-20(9-16-6-17(25)10-18(26)7-16)22(31)13-28-21-11-24(2,3)32-23-5-4-15(12-27)8-19(21)23/h4-8,10,20-22,28,31H,9,11,13H2,1-3H3,(H,29,30)/t20-,21-,22+/m0/s1. The molecule has 0 radical (unpaired) electrons. The molecule has 1 heterocycles. The maximum atomic E-state index is 13.6. The Morgan fingerprint density at radius 1 is 1.28 bits per heavy atom. The number of halogens is 2. The van der Waals surface area contributed by atoms with Crippen molar-refractivity contribution in [2.45, 2.75) is 57.4 Å². The highest BCUT2D eigenvalue weighted by Crippen LogP contribution is 2.39. The summed E-state index contributed by atoms with van der Waals surface area (Å²) in [5, 5.41) is 26.0. The molecule has 1 aliphatic heterocycles. The summed E-state index contributed by atoms with van der Waals surface area (Å²) in [6.07, 6.45) is -0.369. The Balaban J connectivity index is 1.76. The number of amides is 1. The number of nitriles is 1. The first-order valence-electron chi connectivity index (χ1n) is 10.4. The van der Waals surface area contributed by atoms with Gasteiger partial charge in [0.25, 0.3) is 0 Å². The third-order valence-electron chi connectivity index (χ3n) is 5.40. The lowest BCUT2D eigenvalue weighted by Crippen LogP contribution is -2.49. The van der Waals surface area contributed by atoms with Crippen molar-refractivity contribution < 1.29 is 23.4 Å². The average Bonchev–Trinajstić information content (AvgIpc) is 2.69. The van der Waals surface area contributed by atoms with E-state index in [2.05, 4.69) is 16.7 Å². The minimum absolute atomic E-state index is 0.0611. The van der Waals surface area contributed by atoms with Crippen LogP contribution in [0, 0.1) is 23.0 Å². The van der Waals surface area contributed by atoms with Gasteiger partial charge in [0.05, 0.1) is 23.8 Å². The molecule has 2 aromatic carbocycles. The molecule has 0 fully saturated rings. The Labute approximate surface area is 186 Å². The molecule has 0 aromatic heterocycles. The number of carbonyl (C=O) groups is 1. The zero-order valence-electron chi connectivity index (χ0n) is 18.3. The van der Waals surface area contributed by atoms with Crippen molar-refractivity contribution in [2.24, 2.45) is 0 Å². The van der Waals surface area contributed by atoms with Gasteiger partial charge in [0.1, 0.15) is 23.0 Å². The molecule has 6 nitrogen and oxygen atoms in total. The predicted octanol–water partition coefficient (Wildman–Crippen LogP) is 3.14. The van der Waals surface area contributed by atoms with E-state index in [1.54, 1.807) is 18.2 Å². The molecule has 1 aliphatic rings. The molecule has 170 valence electrons. The third kappa shape index (κ3) is 6.02. The number of nitrogens with one attached hydrogen (secondary N) is 2.